The van der Waals surface area contributed by atoms with Crippen LogP contribution in [0, 0.1) is 5.41 Å². The Morgan fingerprint density at radius 2 is 1.83 bits per heavy atom. The summed E-state index contributed by atoms with van der Waals surface area (Å²) in [5.74, 6) is 0. The molecule has 3 heteroatoms. The van der Waals surface area contributed by atoms with Gasteiger partial charge in [-0.15, -0.1) is 0 Å². The summed E-state index contributed by atoms with van der Waals surface area (Å²) in [4.78, 5) is 0. The number of hydrogen-bond acceptors (Lipinski definition) is 1. The molecule has 0 aromatic rings. The quantitative estimate of drug-likeness (QED) is 0.604. The summed E-state index contributed by atoms with van der Waals surface area (Å²) in [5, 5.41) is 1.23. The Morgan fingerprint density at radius 1 is 1.33 bits per heavy atom. The van der Waals surface area contributed by atoms with Gasteiger partial charge in [0.15, 0.2) is 0 Å². The first kappa shape index (κ1) is 12.8. The fourth-order valence-corrected chi connectivity index (χ4v) is 2.50. The summed E-state index contributed by atoms with van der Waals surface area (Å²) in [7, 11) is -0.860. The zero-order chi connectivity index (χ0) is 9.78. The van der Waals surface area contributed by atoms with Crippen LogP contribution in [0.1, 0.15) is 27.2 Å². The first-order valence-electron chi connectivity index (χ1n) is 5.03. The van der Waals surface area contributed by atoms with Crippen molar-refractivity contribution in [1.82, 2.24) is 0 Å². The molecule has 1 unspecified atom stereocenters. The second kappa shape index (κ2) is 5.49. The van der Waals surface area contributed by atoms with E-state index >= 15 is 0 Å². The van der Waals surface area contributed by atoms with Crippen LogP contribution < -0.4 is 0 Å². The molecule has 0 aromatic carbocycles. The minimum absolute atomic E-state index is 0.313. The van der Waals surface area contributed by atoms with E-state index in [0.717, 1.165) is 0 Å². The van der Waals surface area contributed by atoms with E-state index in [-0.39, 0.29) is 0 Å². The van der Waals surface area contributed by atoms with Crippen molar-refractivity contribution < 1.29 is 4.43 Å². The molecule has 0 saturated heterocycles. The van der Waals surface area contributed by atoms with Gasteiger partial charge in [-0.2, -0.15) is 0 Å². The van der Waals surface area contributed by atoms with Crippen LogP contribution >= 0.6 is 0 Å². The van der Waals surface area contributed by atoms with Crippen LogP contribution in [-0.4, -0.2) is 32.9 Å². The van der Waals surface area contributed by atoms with Crippen molar-refractivity contribution in [2.24, 2.45) is 5.41 Å². The van der Waals surface area contributed by atoms with Crippen molar-refractivity contribution in [3.8, 4) is 0 Å². The van der Waals surface area contributed by atoms with Gasteiger partial charge in [0, 0.05) is 0 Å². The molecule has 1 atom stereocenters. The number of rotatable bonds is 4. The second-order valence-electron chi connectivity index (χ2n) is 4.83. The predicted octanol–water partition coefficient (Wildman–Crippen LogP) is 2.38. The molecule has 0 saturated carbocycles. The van der Waals surface area contributed by atoms with Crippen LogP contribution in [0.15, 0.2) is 0 Å². The van der Waals surface area contributed by atoms with E-state index in [1.165, 1.54) is 11.5 Å². The van der Waals surface area contributed by atoms with Gasteiger partial charge in [-0.3, -0.25) is 0 Å². The third-order valence-corrected chi connectivity index (χ3v) is 2.83. The Hall–Kier alpha value is 0.774. The molecule has 0 fully saturated rings. The molecule has 0 bridgehead atoms. The van der Waals surface area contributed by atoms with Crippen molar-refractivity contribution in [2.45, 2.75) is 51.5 Å². The number of hydrogen-bond donors (Lipinski definition) is 0. The van der Waals surface area contributed by atoms with E-state index in [9.17, 15) is 0 Å². The van der Waals surface area contributed by atoms with E-state index in [0.29, 0.717) is 11.5 Å². The Labute approximate surface area is 88.2 Å². The summed E-state index contributed by atoms with van der Waals surface area (Å²) >= 11 is 2.23. The van der Waals surface area contributed by atoms with Gasteiger partial charge in [0.05, 0.1) is 0 Å². The first-order valence-corrected chi connectivity index (χ1v) is 7.81. The molecular formula is C9H21LiOSi. The van der Waals surface area contributed by atoms with Gasteiger partial charge in [-0.05, 0) is 0 Å². The van der Waals surface area contributed by atoms with Crippen molar-refractivity contribution in [1.29, 1.82) is 0 Å². The van der Waals surface area contributed by atoms with Crippen LogP contribution in [0.2, 0.25) is 18.2 Å². The zero-order valence-corrected chi connectivity index (χ0v) is 10.6. The predicted molar refractivity (Wildman–Crippen MR) is 58.4 cm³/mol. The van der Waals surface area contributed by atoms with Crippen molar-refractivity contribution in [3.05, 3.63) is 0 Å². The maximum absolute atomic E-state index is 5.99. The van der Waals surface area contributed by atoms with Crippen LogP contribution in [0.25, 0.3) is 0 Å². The van der Waals surface area contributed by atoms with Crippen LogP contribution in [0.3, 0.4) is 0 Å². The topological polar surface area (TPSA) is 9.23 Å². The molecule has 0 spiro atoms. The standard InChI is InChI=1S/C9H21OSi.Li/c1-7-8(9(2,3)4)10-11(5)6;/h8,11H,1,7H2,2-6H3;. The molecule has 0 aliphatic rings. The normalized spacial score (nSPS) is 15.3. The molecule has 12 heavy (non-hydrogen) atoms. The SMILES string of the molecule is [Li][CH2]CC(O[SiH](C)C)C(C)(C)C. The fraction of sp³-hybridized carbons (Fsp3) is 1.00. The van der Waals surface area contributed by atoms with Gasteiger partial charge in [0.1, 0.15) is 0 Å². The molecule has 68 valence electrons. The molecular weight excluding hydrogens is 159 g/mol. The van der Waals surface area contributed by atoms with Crippen molar-refractivity contribution in [2.75, 3.05) is 0 Å². The van der Waals surface area contributed by atoms with Gasteiger partial charge < -0.3 is 0 Å². The van der Waals surface area contributed by atoms with Crippen molar-refractivity contribution in [3.63, 3.8) is 0 Å². The van der Waals surface area contributed by atoms with E-state index in [4.69, 9.17) is 4.43 Å². The molecule has 0 radical (unpaired) electrons. The van der Waals surface area contributed by atoms with E-state index in [1.807, 2.05) is 0 Å². The van der Waals surface area contributed by atoms with Gasteiger partial charge in [-0.1, -0.05) is 0 Å². The monoisotopic (exact) mass is 180 g/mol. The molecule has 1 nitrogen and oxygen atoms in total. The molecule has 0 heterocycles. The van der Waals surface area contributed by atoms with Gasteiger partial charge >= 0.3 is 88.1 Å². The fourth-order valence-electron chi connectivity index (χ4n) is 1.30. The van der Waals surface area contributed by atoms with E-state index in [1.54, 1.807) is 0 Å². The summed E-state index contributed by atoms with van der Waals surface area (Å²) in [5.41, 5.74) is 0.313. The second-order valence-corrected chi connectivity index (χ2v) is 7.20. The average molecular weight is 180 g/mol. The molecule has 0 rings (SSSR count). The minimum atomic E-state index is -0.860. The Balaban J connectivity index is 4.04. The van der Waals surface area contributed by atoms with E-state index in [2.05, 4.69) is 51.6 Å². The molecule has 0 aromatic heterocycles. The molecule has 0 aliphatic heterocycles. The van der Waals surface area contributed by atoms with Gasteiger partial charge in [-0.25, -0.2) is 0 Å². The van der Waals surface area contributed by atoms with Crippen LogP contribution in [-0.2, 0) is 4.43 Å². The van der Waals surface area contributed by atoms with Gasteiger partial charge in [0.25, 0.3) is 0 Å². The Bertz CT molecular complexity index is 120. The summed E-state index contributed by atoms with van der Waals surface area (Å²) in [6, 6.07) is 0. The summed E-state index contributed by atoms with van der Waals surface area (Å²) < 4.78 is 5.99. The third kappa shape index (κ3) is 5.43. The van der Waals surface area contributed by atoms with Crippen molar-refractivity contribution >= 4 is 26.8 Å². The van der Waals surface area contributed by atoms with Crippen LogP contribution in [0.5, 0.6) is 0 Å². The third-order valence-electron chi connectivity index (χ3n) is 1.95. The van der Waals surface area contributed by atoms with Crippen LogP contribution in [0.4, 0.5) is 0 Å². The van der Waals surface area contributed by atoms with E-state index < -0.39 is 9.04 Å². The van der Waals surface area contributed by atoms with Gasteiger partial charge in [0.2, 0.25) is 0 Å². The summed E-state index contributed by atoms with van der Waals surface area (Å²) in [6.07, 6.45) is 1.67. The molecule has 0 N–H and O–H groups in total. The maximum atomic E-state index is 5.99. The Kier molecular flexibility index (Phi) is 5.85. The molecule has 0 aliphatic carbocycles. The average Bonchev–Trinajstić information content (AvgIpc) is 1.83. The zero-order valence-electron chi connectivity index (χ0n) is 9.48. The Morgan fingerprint density at radius 3 is 2.08 bits per heavy atom. The molecule has 0 amide bonds. The summed E-state index contributed by atoms with van der Waals surface area (Å²) in [6.45, 7) is 11.3. The first-order chi connectivity index (χ1) is 5.38.